The summed E-state index contributed by atoms with van der Waals surface area (Å²) in [6.07, 6.45) is 1.01. The summed E-state index contributed by atoms with van der Waals surface area (Å²) in [5, 5.41) is 11.6. The van der Waals surface area contributed by atoms with Crippen LogP contribution in [-0.4, -0.2) is 43.6 Å². The van der Waals surface area contributed by atoms with Gasteiger partial charge < -0.3 is 0 Å². The fourth-order valence-corrected chi connectivity index (χ4v) is 3.75. The van der Waals surface area contributed by atoms with Gasteiger partial charge in [-0.2, -0.15) is 0 Å². The number of halogens is 1. The van der Waals surface area contributed by atoms with Crippen LogP contribution in [0.25, 0.3) is 0 Å². The molecule has 0 N–H and O–H groups in total. The number of hydrogen-bond donors (Lipinski definition) is 0. The molecule has 0 radical (unpaired) electrons. The molecule has 0 saturated carbocycles. The number of rotatable bonds is 4. The Morgan fingerprint density at radius 2 is 1.93 bits per heavy atom. The van der Waals surface area contributed by atoms with Crippen molar-refractivity contribution in [3.05, 3.63) is 68.7 Å². The quantitative estimate of drug-likeness (QED) is 0.571. The first-order valence-electron chi connectivity index (χ1n) is 7.73. The first-order chi connectivity index (χ1) is 12.7. The molecule has 1 aliphatic heterocycles. The van der Waals surface area contributed by atoms with Gasteiger partial charge in [-0.1, -0.05) is 29.8 Å². The number of benzene rings is 2. The predicted molar refractivity (Wildman–Crippen MR) is 102 cm³/mol. The average molecular weight is 408 g/mol. The molecule has 0 spiro atoms. The maximum Gasteiger partial charge on any atom is 0.270 e. The number of nitrogens with zero attached hydrogens (tertiary/aromatic N) is 3. The molecule has 2 aromatic carbocycles. The molecular formula is C17H14ClN3O5S. The van der Waals surface area contributed by atoms with Crippen molar-refractivity contribution in [2.75, 3.05) is 23.6 Å². The summed E-state index contributed by atoms with van der Waals surface area (Å²) in [6, 6.07) is 10.6. The largest absolute Gasteiger partial charge is 0.295 e. The molecule has 10 heteroatoms. The number of carbonyl (C=O) groups is 1. The highest BCUT2D eigenvalue weighted by atomic mass is 35.5. The maximum absolute atomic E-state index is 12.5. The second-order valence-corrected chi connectivity index (χ2v) is 8.50. The second kappa shape index (κ2) is 7.09. The van der Waals surface area contributed by atoms with Crippen LogP contribution >= 0.6 is 11.6 Å². The van der Waals surface area contributed by atoms with E-state index in [9.17, 15) is 23.3 Å². The summed E-state index contributed by atoms with van der Waals surface area (Å²) in [4.78, 5) is 28.5. The molecule has 1 aliphatic rings. The molecule has 0 aliphatic carbocycles. The first kappa shape index (κ1) is 19.0. The fourth-order valence-electron chi connectivity index (χ4n) is 2.77. The van der Waals surface area contributed by atoms with E-state index >= 15 is 0 Å². The zero-order valence-corrected chi connectivity index (χ0v) is 15.7. The normalized spacial score (nSPS) is 14.4. The van der Waals surface area contributed by atoms with Crippen LogP contribution in [0.4, 0.5) is 11.4 Å². The van der Waals surface area contributed by atoms with Gasteiger partial charge in [0.25, 0.3) is 5.69 Å². The van der Waals surface area contributed by atoms with Crippen molar-refractivity contribution >= 4 is 44.4 Å². The van der Waals surface area contributed by atoms with Crippen molar-refractivity contribution in [1.29, 1.82) is 0 Å². The Hall–Kier alpha value is -2.78. The number of anilines is 1. The topological polar surface area (TPSA) is 110 Å². The van der Waals surface area contributed by atoms with Gasteiger partial charge in [-0.25, -0.2) is 8.42 Å². The highest BCUT2D eigenvalue weighted by Crippen LogP contribution is 2.32. The van der Waals surface area contributed by atoms with Crippen LogP contribution in [0.2, 0.25) is 5.02 Å². The van der Waals surface area contributed by atoms with Gasteiger partial charge in [0.15, 0.2) is 9.84 Å². The van der Waals surface area contributed by atoms with Crippen LogP contribution < -0.4 is 4.90 Å². The Balaban J connectivity index is 2.27. The zero-order chi connectivity index (χ0) is 19.8. The Labute approximate surface area is 160 Å². The van der Waals surface area contributed by atoms with Crippen LogP contribution in [-0.2, 0) is 14.6 Å². The van der Waals surface area contributed by atoms with Gasteiger partial charge in [-0.3, -0.25) is 24.8 Å². The van der Waals surface area contributed by atoms with Gasteiger partial charge in [0.05, 0.1) is 16.3 Å². The van der Waals surface area contributed by atoms with E-state index in [0.29, 0.717) is 16.3 Å². The maximum atomic E-state index is 12.5. The monoisotopic (exact) mass is 407 g/mol. The summed E-state index contributed by atoms with van der Waals surface area (Å²) in [6.45, 7) is -0.307. The van der Waals surface area contributed by atoms with E-state index in [-0.39, 0.29) is 23.5 Å². The number of aliphatic imine (C=N–C) groups is 1. The van der Waals surface area contributed by atoms with Crippen LogP contribution in [0, 0.1) is 10.1 Å². The first-order valence-corrected chi connectivity index (χ1v) is 10.2. The SMILES string of the molecule is CS(=O)(=O)CN1C(=O)CN=C(c2ccccc2Cl)c2cc([N+](=O)[O-])ccc21. The van der Waals surface area contributed by atoms with E-state index in [0.717, 1.165) is 11.2 Å². The predicted octanol–water partition coefficient (Wildman–Crippen LogP) is 2.43. The number of carbonyl (C=O) groups excluding carboxylic acids is 1. The molecular weight excluding hydrogens is 394 g/mol. The fraction of sp³-hybridized carbons (Fsp3) is 0.176. The standard InChI is InChI=1S/C17H14ClN3O5S/c1-27(25,26)10-20-15-7-6-11(21(23)24)8-13(15)17(19-9-16(20)22)12-4-2-3-5-14(12)18/h2-8H,9-10H2,1H3. The van der Waals surface area contributed by atoms with Crippen LogP contribution in [0.5, 0.6) is 0 Å². The second-order valence-electron chi connectivity index (χ2n) is 5.98. The molecule has 0 saturated heterocycles. The lowest BCUT2D eigenvalue weighted by Crippen LogP contribution is -2.36. The van der Waals surface area contributed by atoms with Gasteiger partial charge in [0, 0.05) is 34.5 Å². The van der Waals surface area contributed by atoms with Gasteiger partial charge >= 0.3 is 0 Å². The third-order valence-electron chi connectivity index (χ3n) is 3.90. The molecule has 1 amide bonds. The Kier molecular flexibility index (Phi) is 4.99. The minimum absolute atomic E-state index is 0.206. The molecule has 0 fully saturated rings. The van der Waals surface area contributed by atoms with Crippen LogP contribution in [0.15, 0.2) is 47.5 Å². The van der Waals surface area contributed by atoms with Crippen molar-refractivity contribution in [2.45, 2.75) is 0 Å². The smallest absolute Gasteiger partial charge is 0.270 e. The van der Waals surface area contributed by atoms with E-state index < -0.39 is 26.5 Å². The number of fused-ring (bicyclic) bond motifs is 1. The summed E-state index contributed by atoms with van der Waals surface area (Å²) in [5.74, 6) is -1.08. The number of sulfone groups is 1. The lowest BCUT2D eigenvalue weighted by molar-refractivity contribution is -0.384. The summed E-state index contributed by atoms with van der Waals surface area (Å²) in [5.41, 5.74) is 1.08. The van der Waals surface area contributed by atoms with Gasteiger partial charge in [-0.15, -0.1) is 0 Å². The van der Waals surface area contributed by atoms with E-state index in [1.54, 1.807) is 24.3 Å². The Morgan fingerprint density at radius 3 is 2.56 bits per heavy atom. The molecule has 1 heterocycles. The minimum Gasteiger partial charge on any atom is -0.295 e. The van der Waals surface area contributed by atoms with Crippen LogP contribution in [0.1, 0.15) is 11.1 Å². The average Bonchev–Trinajstić information content (AvgIpc) is 2.72. The third-order valence-corrected chi connectivity index (χ3v) is 4.96. The molecule has 140 valence electrons. The molecule has 3 rings (SSSR count). The summed E-state index contributed by atoms with van der Waals surface area (Å²) in [7, 11) is -3.54. The minimum atomic E-state index is -3.54. The molecule has 27 heavy (non-hydrogen) atoms. The number of amides is 1. The number of hydrogen-bond acceptors (Lipinski definition) is 6. The Bertz CT molecular complexity index is 1080. The number of non-ortho nitro benzene ring substituents is 1. The van der Waals surface area contributed by atoms with Crippen molar-refractivity contribution in [3.63, 3.8) is 0 Å². The molecule has 0 atom stereocenters. The van der Waals surface area contributed by atoms with E-state index in [1.807, 2.05) is 0 Å². The molecule has 2 aromatic rings. The van der Waals surface area contributed by atoms with Crippen molar-refractivity contribution < 1.29 is 18.1 Å². The van der Waals surface area contributed by atoms with Crippen molar-refractivity contribution in [3.8, 4) is 0 Å². The van der Waals surface area contributed by atoms with E-state index in [2.05, 4.69) is 4.99 Å². The highest BCUT2D eigenvalue weighted by molar-refractivity contribution is 7.90. The van der Waals surface area contributed by atoms with Crippen molar-refractivity contribution in [2.24, 2.45) is 4.99 Å². The lowest BCUT2D eigenvalue weighted by atomic mass is 9.99. The summed E-state index contributed by atoms with van der Waals surface area (Å²) < 4.78 is 23.6. The van der Waals surface area contributed by atoms with Crippen molar-refractivity contribution in [1.82, 2.24) is 0 Å². The Morgan fingerprint density at radius 1 is 1.22 bits per heavy atom. The number of nitro groups is 1. The molecule has 0 bridgehead atoms. The van der Waals surface area contributed by atoms with E-state index in [4.69, 9.17) is 11.6 Å². The van der Waals surface area contributed by atoms with Gasteiger partial charge in [0.1, 0.15) is 12.4 Å². The zero-order valence-electron chi connectivity index (χ0n) is 14.1. The number of benzodiazepines with no additional fused rings is 1. The van der Waals surface area contributed by atoms with Gasteiger partial charge in [0.2, 0.25) is 5.91 Å². The lowest BCUT2D eigenvalue weighted by Gasteiger charge is -2.22. The molecule has 0 aromatic heterocycles. The molecule has 0 unspecified atom stereocenters. The third kappa shape index (κ3) is 3.99. The van der Waals surface area contributed by atoms with E-state index in [1.165, 1.54) is 18.2 Å². The molecule has 8 nitrogen and oxygen atoms in total. The summed E-state index contributed by atoms with van der Waals surface area (Å²) >= 11 is 6.25. The van der Waals surface area contributed by atoms with Gasteiger partial charge in [-0.05, 0) is 12.1 Å². The highest BCUT2D eigenvalue weighted by Gasteiger charge is 2.29. The number of nitro benzene ring substituents is 1. The van der Waals surface area contributed by atoms with Crippen LogP contribution in [0.3, 0.4) is 0 Å².